The van der Waals surface area contributed by atoms with Crippen molar-refractivity contribution in [2.75, 3.05) is 19.8 Å². The number of aromatic amines is 1. The third-order valence-electron chi connectivity index (χ3n) is 2.57. The summed E-state index contributed by atoms with van der Waals surface area (Å²) in [6.45, 7) is 0.808. The number of rotatable bonds is 3. The van der Waals surface area contributed by atoms with Crippen LogP contribution in [0.5, 0.6) is 0 Å². The summed E-state index contributed by atoms with van der Waals surface area (Å²) in [6, 6.07) is 0. The number of carbonyl (C=O) groups is 1. The second-order valence-electron chi connectivity index (χ2n) is 4.01. The highest BCUT2D eigenvalue weighted by atomic mass is 16.5. The lowest BCUT2D eigenvalue weighted by Crippen LogP contribution is -2.43. The molecule has 0 aliphatic carbocycles. The van der Waals surface area contributed by atoms with Crippen LogP contribution in [0.4, 0.5) is 0 Å². The summed E-state index contributed by atoms with van der Waals surface area (Å²) >= 11 is 0. The molecule has 1 aromatic rings. The number of aliphatic hydroxyl groups is 1. The maximum Gasteiger partial charge on any atom is 0.271 e. The first-order valence-electron chi connectivity index (χ1n) is 5.22. The van der Waals surface area contributed by atoms with E-state index in [0.29, 0.717) is 13.0 Å². The van der Waals surface area contributed by atoms with Crippen LogP contribution in [-0.2, 0) is 4.74 Å². The van der Waals surface area contributed by atoms with Gasteiger partial charge >= 0.3 is 0 Å². The van der Waals surface area contributed by atoms with Crippen LogP contribution < -0.4 is 10.9 Å². The minimum absolute atomic E-state index is 0.104. The summed E-state index contributed by atoms with van der Waals surface area (Å²) in [4.78, 5) is 28.4. The molecule has 17 heavy (non-hydrogen) atoms. The summed E-state index contributed by atoms with van der Waals surface area (Å²) in [5.74, 6) is -0.443. The molecule has 1 saturated heterocycles. The summed E-state index contributed by atoms with van der Waals surface area (Å²) in [5.41, 5.74) is -1.27. The highest BCUT2D eigenvalue weighted by Gasteiger charge is 2.32. The van der Waals surface area contributed by atoms with E-state index in [0.717, 1.165) is 6.20 Å². The van der Waals surface area contributed by atoms with Crippen molar-refractivity contribution >= 4 is 5.91 Å². The molecule has 2 heterocycles. The van der Waals surface area contributed by atoms with Gasteiger partial charge in [0.1, 0.15) is 11.3 Å². The number of H-pyrrole nitrogens is 1. The first-order valence-corrected chi connectivity index (χ1v) is 5.22. The summed E-state index contributed by atoms with van der Waals surface area (Å²) in [5, 5.41) is 12.5. The molecule has 2 rings (SSSR count). The summed E-state index contributed by atoms with van der Waals surface area (Å²) in [6.07, 6.45) is 2.75. The fourth-order valence-corrected chi connectivity index (χ4v) is 1.54. The van der Waals surface area contributed by atoms with E-state index in [1.165, 1.54) is 6.20 Å². The van der Waals surface area contributed by atoms with Crippen LogP contribution in [0.25, 0.3) is 0 Å². The first-order chi connectivity index (χ1) is 8.09. The van der Waals surface area contributed by atoms with Gasteiger partial charge in [-0.2, -0.15) is 0 Å². The second kappa shape index (κ2) is 4.64. The van der Waals surface area contributed by atoms with E-state index in [4.69, 9.17) is 4.74 Å². The average Bonchev–Trinajstić information content (AvgIpc) is 2.75. The number of carbonyl (C=O) groups excluding carboxylic acids is 1. The Labute approximate surface area is 96.8 Å². The fraction of sp³-hybridized carbons (Fsp3) is 0.500. The Hall–Kier alpha value is -1.73. The topological polar surface area (TPSA) is 104 Å². The van der Waals surface area contributed by atoms with Gasteiger partial charge in [0.15, 0.2) is 0 Å². The largest absolute Gasteiger partial charge is 0.386 e. The Morgan fingerprint density at radius 3 is 3.12 bits per heavy atom. The zero-order valence-electron chi connectivity index (χ0n) is 9.10. The van der Waals surface area contributed by atoms with Crippen LogP contribution in [0, 0.1) is 0 Å². The molecule has 3 N–H and O–H groups in total. The Bertz CT molecular complexity index is 444. The number of nitrogens with zero attached hydrogens (tertiary/aromatic N) is 1. The molecule has 0 radical (unpaired) electrons. The Morgan fingerprint density at radius 1 is 1.71 bits per heavy atom. The van der Waals surface area contributed by atoms with E-state index in [2.05, 4.69) is 15.3 Å². The van der Waals surface area contributed by atoms with Gasteiger partial charge in [0.2, 0.25) is 0 Å². The molecule has 1 aliphatic heterocycles. The molecular formula is C10H13N3O4. The van der Waals surface area contributed by atoms with Crippen LogP contribution in [0.3, 0.4) is 0 Å². The molecule has 1 unspecified atom stereocenters. The van der Waals surface area contributed by atoms with Crippen LogP contribution in [-0.4, -0.2) is 46.3 Å². The quantitative estimate of drug-likeness (QED) is 0.605. The van der Waals surface area contributed by atoms with Gasteiger partial charge in [0, 0.05) is 25.8 Å². The SMILES string of the molecule is O=C(NCC1(O)CCOC1)c1c[nH]c(=O)cn1. The van der Waals surface area contributed by atoms with Crippen molar-refractivity contribution in [3.05, 3.63) is 28.4 Å². The van der Waals surface area contributed by atoms with E-state index < -0.39 is 11.5 Å². The van der Waals surface area contributed by atoms with E-state index in [-0.39, 0.29) is 24.4 Å². The number of hydrogen-bond donors (Lipinski definition) is 3. The van der Waals surface area contributed by atoms with Crippen molar-refractivity contribution in [3.63, 3.8) is 0 Å². The summed E-state index contributed by atoms with van der Waals surface area (Å²) < 4.78 is 5.05. The Morgan fingerprint density at radius 2 is 2.53 bits per heavy atom. The van der Waals surface area contributed by atoms with E-state index >= 15 is 0 Å². The maximum absolute atomic E-state index is 11.6. The normalized spacial score (nSPS) is 23.6. The van der Waals surface area contributed by atoms with Gasteiger partial charge in [-0.3, -0.25) is 9.59 Å². The van der Waals surface area contributed by atoms with Gasteiger partial charge < -0.3 is 20.1 Å². The standard InChI is InChI=1S/C10H13N3O4/c14-8-4-11-7(3-12-8)9(15)13-5-10(16)1-2-17-6-10/h3-4,16H,1-2,5-6H2,(H,12,14)(H,13,15). The molecule has 0 aromatic carbocycles. The van der Waals surface area contributed by atoms with Crippen LogP contribution >= 0.6 is 0 Å². The smallest absolute Gasteiger partial charge is 0.271 e. The predicted octanol–water partition coefficient (Wildman–Crippen LogP) is -1.35. The Balaban J connectivity index is 1.93. The van der Waals surface area contributed by atoms with Gasteiger partial charge in [-0.25, -0.2) is 4.98 Å². The van der Waals surface area contributed by atoms with Crippen LogP contribution in [0.2, 0.25) is 0 Å². The highest BCUT2D eigenvalue weighted by molar-refractivity contribution is 5.91. The average molecular weight is 239 g/mol. The fourth-order valence-electron chi connectivity index (χ4n) is 1.54. The van der Waals surface area contributed by atoms with Gasteiger partial charge in [-0.15, -0.1) is 0 Å². The minimum Gasteiger partial charge on any atom is -0.386 e. The maximum atomic E-state index is 11.6. The molecule has 1 atom stereocenters. The molecule has 7 heteroatoms. The molecule has 1 aromatic heterocycles. The Kier molecular flexibility index (Phi) is 3.21. The molecule has 0 spiro atoms. The first kappa shape index (κ1) is 11.7. The lowest BCUT2D eigenvalue weighted by molar-refractivity contribution is 0.0264. The molecule has 1 aliphatic rings. The zero-order chi connectivity index (χ0) is 12.3. The highest BCUT2D eigenvalue weighted by Crippen LogP contribution is 2.16. The van der Waals surface area contributed by atoms with Crippen molar-refractivity contribution in [2.45, 2.75) is 12.0 Å². The van der Waals surface area contributed by atoms with Crippen molar-refractivity contribution in [2.24, 2.45) is 0 Å². The van der Waals surface area contributed by atoms with Gasteiger partial charge in [0.05, 0.1) is 12.8 Å². The van der Waals surface area contributed by atoms with E-state index in [1.807, 2.05) is 0 Å². The van der Waals surface area contributed by atoms with Gasteiger partial charge in [0.25, 0.3) is 11.5 Å². The lowest BCUT2D eigenvalue weighted by Gasteiger charge is -2.20. The van der Waals surface area contributed by atoms with Crippen LogP contribution in [0.1, 0.15) is 16.9 Å². The van der Waals surface area contributed by atoms with E-state index in [1.54, 1.807) is 0 Å². The van der Waals surface area contributed by atoms with Crippen molar-refractivity contribution in [1.82, 2.24) is 15.3 Å². The van der Waals surface area contributed by atoms with Crippen molar-refractivity contribution in [3.8, 4) is 0 Å². The monoisotopic (exact) mass is 239 g/mol. The number of ether oxygens (including phenoxy) is 1. The molecule has 0 bridgehead atoms. The third-order valence-corrected chi connectivity index (χ3v) is 2.57. The second-order valence-corrected chi connectivity index (χ2v) is 4.01. The molecular weight excluding hydrogens is 226 g/mol. The number of hydrogen-bond acceptors (Lipinski definition) is 5. The van der Waals surface area contributed by atoms with Crippen molar-refractivity contribution in [1.29, 1.82) is 0 Å². The summed E-state index contributed by atoms with van der Waals surface area (Å²) in [7, 11) is 0. The predicted molar refractivity (Wildman–Crippen MR) is 57.6 cm³/mol. The number of amides is 1. The molecule has 1 fully saturated rings. The molecule has 0 saturated carbocycles. The van der Waals surface area contributed by atoms with Gasteiger partial charge in [-0.05, 0) is 0 Å². The molecule has 92 valence electrons. The lowest BCUT2D eigenvalue weighted by atomic mass is 10.0. The van der Waals surface area contributed by atoms with Crippen molar-refractivity contribution < 1.29 is 14.6 Å². The molecule has 1 amide bonds. The number of aromatic nitrogens is 2. The zero-order valence-corrected chi connectivity index (χ0v) is 9.10. The van der Waals surface area contributed by atoms with Crippen LogP contribution in [0.15, 0.2) is 17.2 Å². The minimum atomic E-state index is -1.00. The number of nitrogens with one attached hydrogen (secondary N) is 2. The third kappa shape index (κ3) is 2.89. The van der Waals surface area contributed by atoms with E-state index in [9.17, 15) is 14.7 Å². The molecule has 7 nitrogen and oxygen atoms in total. The van der Waals surface area contributed by atoms with Gasteiger partial charge in [-0.1, -0.05) is 0 Å².